The fraction of sp³-hybridized carbons (Fsp3) is 0.611. The number of hydrogen-bond donors (Lipinski definition) is 0. The van der Waals surface area contributed by atoms with E-state index in [-0.39, 0.29) is 50.2 Å². The van der Waals surface area contributed by atoms with Gasteiger partial charge in [0.2, 0.25) is 10.0 Å². The third kappa shape index (κ3) is 5.01. The maximum absolute atomic E-state index is 14.3. The lowest BCUT2D eigenvalue weighted by molar-refractivity contribution is -0.0000199. The molecule has 7 nitrogen and oxygen atoms in total. The van der Waals surface area contributed by atoms with Gasteiger partial charge in [0.15, 0.2) is 0 Å². The fourth-order valence-corrected chi connectivity index (χ4v) is 4.93. The molecule has 2 fully saturated rings. The van der Waals surface area contributed by atoms with Gasteiger partial charge in [-0.25, -0.2) is 12.8 Å². The van der Waals surface area contributed by atoms with Crippen LogP contribution in [-0.4, -0.2) is 87.5 Å². The smallest absolute Gasteiger partial charge is 0.253 e. The van der Waals surface area contributed by atoms with Crippen molar-refractivity contribution in [2.24, 2.45) is 0 Å². The molecule has 0 N–H and O–H groups in total. The van der Waals surface area contributed by atoms with Gasteiger partial charge < -0.3 is 22.0 Å². The third-order valence-electron chi connectivity index (χ3n) is 4.97. The molecule has 0 unspecified atom stereocenters. The molecular formula is C18H26ClFN3O4S-. The van der Waals surface area contributed by atoms with Gasteiger partial charge in [-0.15, -0.1) is 0 Å². The van der Waals surface area contributed by atoms with Crippen LogP contribution in [0.3, 0.4) is 0 Å². The second-order valence-electron chi connectivity index (χ2n) is 6.80. The normalized spacial score (nSPS) is 19.3. The topological polar surface area (TPSA) is 70.2 Å². The first-order chi connectivity index (χ1) is 12.9. The number of hydrogen-bond acceptors (Lipinski definition) is 5. The molecule has 28 heavy (non-hydrogen) atoms. The molecule has 0 saturated carbocycles. The summed E-state index contributed by atoms with van der Waals surface area (Å²) >= 11 is 0. The van der Waals surface area contributed by atoms with Crippen molar-refractivity contribution in [2.75, 3.05) is 59.0 Å². The number of sulfonamides is 1. The molecule has 1 amide bonds. The molecule has 0 aromatic heterocycles. The van der Waals surface area contributed by atoms with Crippen LogP contribution in [-0.2, 0) is 14.8 Å². The van der Waals surface area contributed by atoms with Crippen molar-refractivity contribution in [3.05, 3.63) is 29.6 Å². The molecule has 2 saturated heterocycles. The molecule has 0 bridgehead atoms. The van der Waals surface area contributed by atoms with E-state index < -0.39 is 20.7 Å². The molecule has 2 heterocycles. The highest BCUT2D eigenvalue weighted by Gasteiger charge is 2.30. The van der Waals surface area contributed by atoms with Crippen molar-refractivity contribution < 1.29 is 34.7 Å². The minimum Gasteiger partial charge on any atom is -1.00 e. The first-order valence-electron chi connectivity index (χ1n) is 9.32. The molecule has 0 atom stereocenters. The SMILES string of the molecule is CCCN1CCN(C(=O)c2ccc(F)c(S(=O)(=O)N3CCOCC3)c2)CC1.[Cl-]. The van der Waals surface area contributed by atoms with Crippen molar-refractivity contribution in [2.45, 2.75) is 18.2 Å². The van der Waals surface area contributed by atoms with Gasteiger partial charge in [-0.05, 0) is 31.2 Å². The summed E-state index contributed by atoms with van der Waals surface area (Å²) in [5.41, 5.74) is 0.201. The first kappa shape index (κ1) is 23.0. The van der Waals surface area contributed by atoms with Crippen molar-refractivity contribution in [3.8, 4) is 0 Å². The highest BCUT2D eigenvalue weighted by atomic mass is 35.5. The van der Waals surface area contributed by atoms with Crippen LogP contribution in [0, 0.1) is 5.82 Å². The Morgan fingerprint density at radius 3 is 2.36 bits per heavy atom. The van der Waals surface area contributed by atoms with Crippen LogP contribution >= 0.6 is 0 Å². The summed E-state index contributed by atoms with van der Waals surface area (Å²) in [6.07, 6.45) is 1.06. The Labute approximate surface area is 171 Å². The second kappa shape index (κ2) is 9.98. The lowest BCUT2D eigenvalue weighted by atomic mass is 10.1. The number of piperazine rings is 1. The molecular weight excluding hydrogens is 409 g/mol. The molecule has 1 aromatic rings. The largest absolute Gasteiger partial charge is 1.00 e. The van der Waals surface area contributed by atoms with Crippen LogP contribution in [0.25, 0.3) is 0 Å². The second-order valence-corrected chi connectivity index (χ2v) is 8.70. The fourth-order valence-electron chi connectivity index (χ4n) is 3.43. The van der Waals surface area contributed by atoms with Crippen molar-refractivity contribution >= 4 is 15.9 Å². The number of carbonyl (C=O) groups excluding carboxylic acids is 1. The highest BCUT2D eigenvalue weighted by Crippen LogP contribution is 2.23. The molecule has 0 aliphatic carbocycles. The number of morpholine rings is 1. The number of carbonyl (C=O) groups is 1. The number of benzene rings is 1. The average molecular weight is 435 g/mol. The molecule has 3 rings (SSSR count). The van der Waals surface area contributed by atoms with E-state index in [0.717, 1.165) is 32.1 Å². The number of ether oxygens (including phenoxy) is 1. The minimum absolute atomic E-state index is 0. The predicted octanol–water partition coefficient (Wildman–Crippen LogP) is -1.98. The summed E-state index contributed by atoms with van der Waals surface area (Å²) in [6.45, 7) is 6.79. The monoisotopic (exact) mass is 434 g/mol. The van der Waals surface area contributed by atoms with E-state index in [1.54, 1.807) is 4.90 Å². The quantitative estimate of drug-likeness (QED) is 0.537. The van der Waals surface area contributed by atoms with Crippen LogP contribution in [0.2, 0.25) is 0 Å². The Balaban J connectivity index is 0.00000280. The summed E-state index contributed by atoms with van der Waals surface area (Å²) in [6, 6.07) is 3.59. The number of halogens is 2. The zero-order valence-corrected chi connectivity index (χ0v) is 17.5. The highest BCUT2D eigenvalue weighted by molar-refractivity contribution is 7.89. The number of rotatable bonds is 5. The average Bonchev–Trinajstić information content (AvgIpc) is 2.69. The number of amides is 1. The van der Waals surface area contributed by atoms with E-state index in [4.69, 9.17) is 4.74 Å². The van der Waals surface area contributed by atoms with E-state index >= 15 is 0 Å². The summed E-state index contributed by atoms with van der Waals surface area (Å²) < 4.78 is 46.2. The van der Waals surface area contributed by atoms with E-state index in [1.165, 1.54) is 16.4 Å². The summed E-state index contributed by atoms with van der Waals surface area (Å²) in [7, 11) is -4.00. The molecule has 0 radical (unpaired) electrons. The van der Waals surface area contributed by atoms with Crippen molar-refractivity contribution in [1.29, 1.82) is 0 Å². The molecule has 158 valence electrons. The van der Waals surface area contributed by atoms with Gasteiger partial charge in [0.25, 0.3) is 5.91 Å². The molecule has 0 spiro atoms. The molecule has 2 aliphatic heterocycles. The van der Waals surface area contributed by atoms with Crippen LogP contribution in [0.4, 0.5) is 4.39 Å². The minimum atomic E-state index is -4.00. The molecule has 1 aromatic carbocycles. The summed E-state index contributed by atoms with van der Waals surface area (Å²) in [4.78, 5) is 16.3. The lowest BCUT2D eigenvalue weighted by Crippen LogP contribution is -3.00. The summed E-state index contributed by atoms with van der Waals surface area (Å²) in [5, 5.41) is 0. The van der Waals surface area contributed by atoms with E-state index in [1.807, 2.05) is 0 Å². The zero-order valence-electron chi connectivity index (χ0n) is 15.9. The van der Waals surface area contributed by atoms with E-state index in [0.29, 0.717) is 13.1 Å². The lowest BCUT2D eigenvalue weighted by Gasteiger charge is -2.34. The van der Waals surface area contributed by atoms with E-state index in [9.17, 15) is 17.6 Å². The Kier molecular flexibility index (Phi) is 8.20. The summed E-state index contributed by atoms with van der Waals surface area (Å²) in [5.74, 6) is -1.10. The van der Waals surface area contributed by atoms with Crippen LogP contribution in [0.15, 0.2) is 23.1 Å². The van der Waals surface area contributed by atoms with Gasteiger partial charge in [0.1, 0.15) is 10.7 Å². The third-order valence-corrected chi connectivity index (χ3v) is 6.88. The van der Waals surface area contributed by atoms with Gasteiger partial charge in [-0.1, -0.05) is 6.92 Å². The first-order valence-corrected chi connectivity index (χ1v) is 10.8. The van der Waals surface area contributed by atoms with Crippen LogP contribution in [0.5, 0.6) is 0 Å². The van der Waals surface area contributed by atoms with Gasteiger partial charge >= 0.3 is 0 Å². The Morgan fingerprint density at radius 2 is 1.75 bits per heavy atom. The standard InChI is InChI=1S/C18H26FN3O4S.ClH/c1-2-5-20-6-8-21(9-7-20)18(23)15-3-4-16(19)17(14-15)27(24,25)22-10-12-26-13-11-22;/h3-4,14H,2,5-13H2,1H3;1H/p-1. The maximum atomic E-state index is 14.3. The Morgan fingerprint density at radius 1 is 1.11 bits per heavy atom. The van der Waals surface area contributed by atoms with Gasteiger partial charge in [-0.2, -0.15) is 4.31 Å². The Bertz CT molecular complexity index is 779. The van der Waals surface area contributed by atoms with Crippen molar-refractivity contribution in [1.82, 2.24) is 14.1 Å². The van der Waals surface area contributed by atoms with E-state index in [2.05, 4.69) is 11.8 Å². The van der Waals surface area contributed by atoms with Crippen LogP contribution in [0.1, 0.15) is 23.7 Å². The Hall–Kier alpha value is -1.26. The molecule has 2 aliphatic rings. The zero-order chi connectivity index (χ0) is 19.4. The van der Waals surface area contributed by atoms with Gasteiger partial charge in [0.05, 0.1) is 13.2 Å². The van der Waals surface area contributed by atoms with Gasteiger partial charge in [0, 0.05) is 44.8 Å². The van der Waals surface area contributed by atoms with Crippen LogP contribution < -0.4 is 12.4 Å². The number of nitrogens with zero attached hydrogens (tertiary/aromatic N) is 3. The predicted molar refractivity (Wildman–Crippen MR) is 98.6 cm³/mol. The van der Waals surface area contributed by atoms with Crippen molar-refractivity contribution in [3.63, 3.8) is 0 Å². The maximum Gasteiger partial charge on any atom is 0.253 e. The van der Waals surface area contributed by atoms with Gasteiger partial charge in [-0.3, -0.25) is 9.69 Å². The molecule has 10 heteroatoms.